The first-order valence-corrected chi connectivity index (χ1v) is 7.50. The van der Waals surface area contributed by atoms with Crippen LogP contribution in [-0.2, 0) is 0 Å². The van der Waals surface area contributed by atoms with Crippen LogP contribution in [0.5, 0.6) is 5.75 Å². The first-order valence-electron chi connectivity index (χ1n) is 7.50. The van der Waals surface area contributed by atoms with Gasteiger partial charge in [-0.3, -0.25) is 4.79 Å². The van der Waals surface area contributed by atoms with Crippen molar-refractivity contribution in [3.05, 3.63) is 66.6 Å². The molecule has 1 amide bonds. The Labute approximate surface area is 139 Å². The topological polar surface area (TPSA) is 90.4 Å². The number of ether oxygens (including phenoxy) is 1. The summed E-state index contributed by atoms with van der Waals surface area (Å²) in [6.07, 6.45) is 1.31. The Morgan fingerprint density at radius 1 is 1.12 bits per heavy atom. The third kappa shape index (κ3) is 3.73. The highest BCUT2D eigenvalue weighted by Crippen LogP contribution is 2.24. The van der Waals surface area contributed by atoms with Gasteiger partial charge in [0.25, 0.3) is 5.91 Å². The molecule has 6 heteroatoms. The summed E-state index contributed by atoms with van der Waals surface area (Å²) in [5.41, 5.74) is 7.28. The molecule has 0 spiro atoms. The van der Waals surface area contributed by atoms with Crippen molar-refractivity contribution in [3.63, 3.8) is 0 Å². The van der Waals surface area contributed by atoms with Gasteiger partial charge in [-0.05, 0) is 24.3 Å². The molecule has 0 saturated carbocycles. The zero-order chi connectivity index (χ0) is 16.8. The summed E-state index contributed by atoms with van der Waals surface area (Å²) in [7, 11) is 0. The van der Waals surface area contributed by atoms with E-state index in [4.69, 9.17) is 14.9 Å². The van der Waals surface area contributed by atoms with Crippen molar-refractivity contribution < 1.29 is 13.9 Å². The van der Waals surface area contributed by atoms with Crippen molar-refractivity contribution in [1.82, 2.24) is 10.3 Å². The lowest BCUT2D eigenvalue weighted by Gasteiger charge is -2.06. The number of oxazole rings is 1. The maximum atomic E-state index is 12.1. The largest absolute Gasteiger partial charge is 0.492 e. The van der Waals surface area contributed by atoms with E-state index in [-0.39, 0.29) is 11.6 Å². The predicted octanol–water partition coefficient (Wildman–Crippen LogP) is 2.73. The number of carbonyl (C=O) groups is 1. The van der Waals surface area contributed by atoms with Crippen molar-refractivity contribution in [1.29, 1.82) is 0 Å². The monoisotopic (exact) mass is 323 g/mol. The van der Waals surface area contributed by atoms with Gasteiger partial charge in [-0.15, -0.1) is 0 Å². The first-order chi connectivity index (χ1) is 11.7. The van der Waals surface area contributed by atoms with Crippen LogP contribution < -0.4 is 15.8 Å². The molecule has 0 aliphatic rings. The van der Waals surface area contributed by atoms with Crippen molar-refractivity contribution in [2.45, 2.75) is 0 Å². The zero-order valence-corrected chi connectivity index (χ0v) is 12.9. The van der Waals surface area contributed by atoms with Gasteiger partial charge >= 0.3 is 0 Å². The van der Waals surface area contributed by atoms with E-state index < -0.39 is 0 Å². The standard InChI is InChI=1S/C18H17N3O3/c19-15-9-5-4-8-14(15)18-21-16(12-24-18)17(22)20-10-11-23-13-6-2-1-3-7-13/h1-9,12H,10-11,19H2,(H,20,22). The molecule has 0 fully saturated rings. The number of aromatic nitrogens is 1. The molecular formula is C18H17N3O3. The van der Waals surface area contributed by atoms with Crippen molar-refractivity contribution >= 4 is 11.6 Å². The van der Waals surface area contributed by atoms with Crippen LogP contribution in [0.1, 0.15) is 10.5 Å². The molecule has 0 unspecified atom stereocenters. The SMILES string of the molecule is Nc1ccccc1-c1nc(C(=O)NCCOc2ccccc2)co1. The number of nitrogen functional groups attached to an aromatic ring is 1. The molecule has 6 nitrogen and oxygen atoms in total. The van der Waals surface area contributed by atoms with Gasteiger partial charge in [0.2, 0.25) is 5.89 Å². The smallest absolute Gasteiger partial charge is 0.273 e. The van der Waals surface area contributed by atoms with Crippen LogP contribution in [0.2, 0.25) is 0 Å². The number of nitrogens with two attached hydrogens (primary N) is 1. The van der Waals surface area contributed by atoms with Crippen LogP contribution in [-0.4, -0.2) is 24.0 Å². The summed E-state index contributed by atoms with van der Waals surface area (Å²) < 4.78 is 10.9. The number of benzene rings is 2. The Bertz CT molecular complexity index is 815. The van der Waals surface area contributed by atoms with Gasteiger partial charge in [-0.1, -0.05) is 30.3 Å². The number of nitrogens with zero attached hydrogens (tertiary/aromatic N) is 1. The number of rotatable bonds is 6. The van der Waals surface area contributed by atoms with Crippen LogP contribution >= 0.6 is 0 Å². The second kappa shape index (κ2) is 7.32. The van der Waals surface area contributed by atoms with E-state index in [0.717, 1.165) is 5.75 Å². The molecule has 3 aromatic rings. The maximum absolute atomic E-state index is 12.1. The lowest BCUT2D eigenvalue weighted by Crippen LogP contribution is -2.28. The van der Waals surface area contributed by atoms with Gasteiger partial charge in [-0.2, -0.15) is 0 Å². The molecule has 2 aromatic carbocycles. The van der Waals surface area contributed by atoms with E-state index in [1.807, 2.05) is 42.5 Å². The molecule has 1 aromatic heterocycles. The molecule has 0 aliphatic heterocycles. The number of anilines is 1. The fraction of sp³-hybridized carbons (Fsp3) is 0.111. The Morgan fingerprint density at radius 2 is 1.88 bits per heavy atom. The van der Waals surface area contributed by atoms with E-state index in [9.17, 15) is 4.79 Å². The maximum Gasteiger partial charge on any atom is 0.273 e. The molecular weight excluding hydrogens is 306 g/mol. The number of hydrogen-bond acceptors (Lipinski definition) is 5. The molecule has 3 N–H and O–H groups in total. The molecule has 0 bridgehead atoms. The third-order valence-corrected chi connectivity index (χ3v) is 3.33. The summed E-state index contributed by atoms with van der Waals surface area (Å²) in [5.74, 6) is 0.755. The Hall–Kier alpha value is -3.28. The van der Waals surface area contributed by atoms with Crippen LogP contribution in [0.15, 0.2) is 65.3 Å². The minimum Gasteiger partial charge on any atom is -0.492 e. The molecule has 0 aliphatic carbocycles. The molecule has 1 heterocycles. The Balaban J connectivity index is 1.54. The normalized spacial score (nSPS) is 10.3. The van der Waals surface area contributed by atoms with Gasteiger partial charge in [0.15, 0.2) is 5.69 Å². The summed E-state index contributed by atoms with van der Waals surface area (Å²) in [6.45, 7) is 0.732. The van der Waals surface area contributed by atoms with Gasteiger partial charge in [0.1, 0.15) is 18.6 Å². The lowest BCUT2D eigenvalue weighted by molar-refractivity contribution is 0.0942. The summed E-state index contributed by atoms with van der Waals surface area (Å²) in [6, 6.07) is 16.6. The second-order valence-corrected chi connectivity index (χ2v) is 5.04. The number of carbonyl (C=O) groups excluding carboxylic acids is 1. The van der Waals surface area contributed by atoms with Crippen molar-refractivity contribution in [2.75, 3.05) is 18.9 Å². The summed E-state index contributed by atoms with van der Waals surface area (Å²) in [5, 5.41) is 2.73. The van der Waals surface area contributed by atoms with Crippen LogP contribution in [0.25, 0.3) is 11.5 Å². The van der Waals surface area contributed by atoms with Gasteiger partial charge in [0, 0.05) is 5.69 Å². The summed E-state index contributed by atoms with van der Waals surface area (Å²) >= 11 is 0. The van der Waals surface area contributed by atoms with E-state index in [0.29, 0.717) is 30.3 Å². The molecule has 122 valence electrons. The molecule has 3 rings (SSSR count). The van der Waals surface area contributed by atoms with Crippen LogP contribution in [0.4, 0.5) is 5.69 Å². The van der Waals surface area contributed by atoms with Crippen molar-refractivity contribution in [3.8, 4) is 17.2 Å². The van der Waals surface area contributed by atoms with E-state index >= 15 is 0 Å². The molecule has 0 radical (unpaired) electrons. The van der Waals surface area contributed by atoms with Gasteiger partial charge < -0.3 is 20.2 Å². The number of amides is 1. The summed E-state index contributed by atoms with van der Waals surface area (Å²) in [4.78, 5) is 16.2. The van der Waals surface area contributed by atoms with E-state index in [1.54, 1.807) is 12.1 Å². The first kappa shape index (κ1) is 15.6. The van der Waals surface area contributed by atoms with Gasteiger partial charge in [-0.25, -0.2) is 4.98 Å². The average Bonchev–Trinajstić information content (AvgIpc) is 3.10. The third-order valence-electron chi connectivity index (χ3n) is 3.33. The fourth-order valence-corrected chi connectivity index (χ4v) is 2.13. The molecule has 24 heavy (non-hydrogen) atoms. The second-order valence-electron chi connectivity index (χ2n) is 5.04. The highest BCUT2D eigenvalue weighted by Gasteiger charge is 2.14. The number of para-hydroxylation sites is 2. The predicted molar refractivity (Wildman–Crippen MR) is 90.6 cm³/mol. The molecule has 0 saturated heterocycles. The minimum atomic E-state index is -0.323. The molecule has 0 atom stereocenters. The fourth-order valence-electron chi connectivity index (χ4n) is 2.13. The van der Waals surface area contributed by atoms with Crippen LogP contribution in [0, 0.1) is 0 Å². The Morgan fingerprint density at radius 3 is 2.67 bits per heavy atom. The lowest BCUT2D eigenvalue weighted by atomic mass is 10.2. The minimum absolute atomic E-state index is 0.202. The van der Waals surface area contributed by atoms with Gasteiger partial charge in [0.05, 0.1) is 12.1 Å². The van der Waals surface area contributed by atoms with E-state index in [1.165, 1.54) is 6.26 Å². The van der Waals surface area contributed by atoms with Crippen LogP contribution in [0.3, 0.4) is 0 Å². The number of nitrogens with one attached hydrogen (secondary N) is 1. The highest BCUT2D eigenvalue weighted by atomic mass is 16.5. The quantitative estimate of drug-likeness (QED) is 0.538. The number of hydrogen-bond donors (Lipinski definition) is 2. The average molecular weight is 323 g/mol. The highest BCUT2D eigenvalue weighted by molar-refractivity contribution is 5.92. The van der Waals surface area contributed by atoms with Crippen molar-refractivity contribution in [2.24, 2.45) is 0 Å². The Kier molecular flexibility index (Phi) is 4.76. The van der Waals surface area contributed by atoms with E-state index in [2.05, 4.69) is 10.3 Å². The zero-order valence-electron chi connectivity index (χ0n) is 12.9.